The van der Waals surface area contributed by atoms with Gasteiger partial charge in [0.05, 0.1) is 6.04 Å². The molecule has 0 N–H and O–H groups in total. The van der Waals surface area contributed by atoms with Gasteiger partial charge in [-0.3, -0.25) is 9.69 Å². The van der Waals surface area contributed by atoms with Crippen molar-refractivity contribution in [1.29, 1.82) is 0 Å². The third kappa shape index (κ3) is 2.73. The number of benzene rings is 1. The number of rotatable bonds is 3. The predicted octanol–water partition coefficient (Wildman–Crippen LogP) is 2.04. The van der Waals surface area contributed by atoms with Gasteiger partial charge in [-0.15, -0.1) is 0 Å². The molecule has 126 valence electrons. The van der Waals surface area contributed by atoms with Crippen molar-refractivity contribution in [3.05, 3.63) is 54.1 Å². The van der Waals surface area contributed by atoms with Crippen LogP contribution in [0.3, 0.4) is 0 Å². The largest absolute Gasteiger partial charge is 0.339 e. The molecule has 2 fully saturated rings. The van der Waals surface area contributed by atoms with E-state index < -0.39 is 0 Å². The van der Waals surface area contributed by atoms with Crippen LogP contribution in [0.5, 0.6) is 0 Å². The van der Waals surface area contributed by atoms with Crippen molar-refractivity contribution in [3.8, 4) is 0 Å². The van der Waals surface area contributed by atoms with Crippen LogP contribution >= 0.6 is 0 Å². The minimum Gasteiger partial charge on any atom is -0.339 e. The minimum atomic E-state index is 0.165. The van der Waals surface area contributed by atoms with Gasteiger partial charge in [0.25, 0.3) is 0 Å². The van der Waals surface area contributed by atoms with E-state index in [1.54, 1.807) is 0 Å². The summed E-state index contributed by atoms with van der Waals surface area (Å²) in [6, 6.07) is 10.6. The Morgan fingerprint density at radius 1 is 1.17 bits per heavy atom. The highest BCUT2D eigenvalue weighted by atomic mass is 16.2. The standard InChI is InChI=1S/C19H24N4O/c1-21-10-11-23(13-17(21)18-20-8-9-22(18)2)19(24)16-12-15(16)14-6-4-3-5-7-14/h3-9,15-17H,10-13H2,1-2H3/t15-,16+,17+/m0/s1. The second-order valence-corrected chi connectivity index (χ2v) is 7.04. The number of aryl methyl sites for hydroxylation is 1. The molecule has 1 saturated heterocycles. The van der Waals surface area contributed by atoms with Gasteiger partial charge < -0.3 is 9.47 Å². The molecule has 2 aromatic rings. The van der Waals surface area contributed by atoms with E-state index in [1.807, 2.05) is 30.4 Å². The number of imidazole rings is 1. The highest BCUT2D eigenvalue weighted by molar-refractivity contribution is 5.83. The number of piperazine rings is 1. The zero-order valence-corrected chi connectivity index (χ0v) is 14.3. The monoisotopic (exact) mass is 324 g/mol. The molecule has 5 nitrogen and oxygen atoms in total. The molecule has 1 aromatic carbocycles. The lowest BCUT2D eigenvalue weighted by Gasteiger charge is -2.39. The first-order valence-electron chi connectivity index (χ1n) is 8.66. The number of hydrogen-bond acceptors (Lipinski definition) is 3. The first-order chi connectivity index (χ1) is 11.6. The molecular formula is C19H24N4O. The number of carbonyl (C=O) groups is 1. The van der Waals surface area contributed by atoms with E-state index in [9.17, 15) is 4.79 Å². The molecule has 0 spiro atoms. The average Bonchev–Trinajstić information content (AvgIpc) is 3.30. The maximum atomic E-state index is 12.9. The van der Waals surface area contributed by atoms with E-state index in [2.05, 4.69) is 45.8 Å². The Bertz CT molecular complexity index is 726. The van der Waals surface area contributed by atoms with Crippen molar-refractivity contribution in [3.63, 3.8) is 0 Å². The lowest BCUT2D eigenvalue weighted by atomic mass is 10.1. The van der Waals surface area contributed by atoms with Crippen LogP contribution in [-0.2, 0) is 11.8 Å². The number of aromatic nitrogens is 2. The van der Waals surface area contributed by atoms with Gasteiger partial charge >= 0.3 is 0 Å². The molecule has 0 unspecified atom stereocenters. The topological polar surface area (TPSA) is 41.4 Å². The van der Waals surface area contributed by atoms with E-state index in [4.69, 9.17) is 0 Å². The summed E-state index contributed by atoms with van der Waals surface area (Å²) in [6.07, 6.45) is 4.79. The molecule has 1 amide bonds. The van der Waals surface area contributed by atoms with Gasteiger partial charge in [-0.05, 0) is 24.9 Å². The Hall–Kier alpha value is -2.14. The smallest absolute Gasteiger partial charge is 0.226 e. The summed E-state index contributed by atoms with van der Waals surface area (Å²) in [6.45, 7) is 2.44. The maximum Gasteiger partial charge on any atom is 0.226 e. The average molecular weight is 324 g/mol. The number of nitrogens with zero attached hydrogens (tertiary/aromatic N) is 4. The molecule has 0 radical (unpaired) electrons. The number of likely N-dealkylation sites (N-methyl/N-ethyl adjacent to an activating group) is 1. The molecule has 1 aliphatic carbocycles. The summed E-state index contributed by atoms with van der Waals surface area (Å²) in [5.41, 5.74) is 1.30. The summed E-state index contributed by atoms with van der Waals surface area (Å²) in [5, 5.41) is 0. The molecule has 0 bridgehead atoms. The maximum absolute atomic E-state index is 12.9. The Balaban J connectivity index is 1.45. The zero-order valence-electron chi connectivity index (χ0n) is 14.3. The third-order valence-electron chi connectivity index (χ3n) is 5.45. The SMILES string of the molecule is CN1CCN(C(=O)[C@@H]2C[C@H]2c2ccccc2)C[C@@H]1c1nccn1C. The Labute approximate surface area is 142 Å². The predicted molar refractivity (Wildman–Crippen MR) is 92.4 cm³/mol. The third-order valence-corrected chi connectivity index (χ3v) is 5.45. The molecular weight excluding hydrogens is 300 g/mol. The summed E-state index contributed by atoms with van der Waals surface area (Å²) >= 11 is 0. The summed E-state index contributed by atoms with van der Waals surface area (Å²) in [4.78, 5) is 21.8. The molecule has 1 aromatic heterocycles. The van der Waals surface area contributed by atoms with Crippen LogP contribution in [0.15, 0.2) is 42.7 Å². The van der Waals surface area contributed by atoms with E-state index in [0.29, 0.717) is 11.8 Å². The van der Waals surface area contributed by atoms with Crippen molar-refractivity contribution < 1.29 is 4.79 Å². The van der Waals surface area contributed by atoms with E-state index in [0.717, 1.165) is 31.9 Å². The molecule has 1 aliphatic heterocycles. The Kier molecular flexibility index (Phi) is 3.88. The van der Waals surface area contributed by atoms with Crippen LogP contribution in [0, 0.1) is 5.92 Å². The van der Waals surface area contributed by atoms with Gasteiger partial charge in [0.15, 0.2) is 0 Å². The first-order valence-corrected chi connectivity index (χ1v) is 8.66. The van der Waals surface area contributed by atoms with Crippen LogP contribution in [0.1, 0.15) is 29.8 Å². The normalized spacial score (nSPS) is 27.2. The molecule has 5 heteroatoms. The second kappa shape index (κ2) is 6.06. The van der Waals surface area contributed by atoms with Crippen LogP contribution in [0.4, 0.5) is 0 Å². The fourth-order valence-electron chi connectivity index (χ4n) is 3.82. The lowest BCUT2D eigenvalue weighted by Crippen LogP contribution is -2.50. The van der Waals surface area contributed by atoms with Crippen molar-refractivity contribution in [2.75, 3.05) is 26.7 Å². The highest BCUT2D eigenvalue weighted by Crippen LogP contribution is 2.48. The van der Waals surface area contributed by atoms with Crippen molar-refractivity contribution in [1.82, 2.24) is 19.4 Å². The Morgan fingerprint density at radius 3 is 2.67 bits per heavy atom. The van der Waals surface area contributed by atoms with Gasteiger partial charge in [-0.2, -0.15) is 0 Å². The van der Waals surface area contributed by atoms with Crippen LogP contribution in [-0.4, -0.2) is 51.9 Å². The number of hydrogen-bond donors (Lipinski definition) is 0. The summed E-state index contributed by atoms with van der Waals surface area (Å²) in [7, 11) is 4.13. The van der Waals surface area contributed by atoms with Crippen molar-refractivity contribution >= 4 is 5.91 Å². The van der Waals surface area contributed by atoms with Gasteiger partial charge in [-0.1, -0.05) is 30.3 Å². The molecule has 2 aliphatic rings. The number of carbonyl (C=O) groups excluding carboxylic acids is 1. The van der Waals surface area contributed by atoms with Crippen LogP contribution in [0.2, 0.25) is 0 Å². The highest BCUT2D eigenvalue weighted by Gasteiger charge is 2.46. The van der Waals surface area contributed by atoms with Gasteiger partial charge in [0.1, 0.15) is 5.82 Å². The molecule has 4 rings (SSSR count). The van der Waals surface area contributed by atoms with Crippen LogP contribution < -0.4 is 0 Å². The summed E-state index contributed by atoms with van der Waals surface area (Å²) in [5.74, 6) is 1.92. The van der Waals surface area contributed by atoms with Crippen molar-refractivity contribution in [2.24, 2.45) is 13.0 Å². The fourth-order valence-corrected chi connectivity index (χ4v) is 3.82. The molecule has 1 saturated carbocycles. The van der Waals surface area contributed by atoms with E-state index in [1.165, 1.54) is 5.56 Å². The van der Waals surface area contributed by atoms with Gasteiger partial charge in [0, 0.05) is 45.0 Å². The quantitative estimate of drug-likeness (QED) is 0.867. The summed E-state index contributed by atoms with van der Waals surface area (Å²) < 4.78 is 2.05. The molecule has 24 heavy (non-hydrogen) atoms. The van der Waals surface area contributed by atoms with Crippen molar-refractivity contribution in [2.45, 2.75) is 18.4 Å². The van der Waals surface area contributed by atoms with E-state index >= 15 is 0 Å². The van der Waals surface area contributed by atoms with Gasteiger partial charge in [-0.25, -0.2) is 4.98 Å². The molecule has 2 heterocycles. The molecule has 3 atom stereocenters. The van der Waals surface area contributed by atoms with E-state index in [-0.39, 0.29) is 12.0 Å². The second-order valence-electron chi connectivity index (χ2n) is 7.04. The van der Waals surface area contributed by atoms with Crippen LogP contribution in [0.25, 0.3) is 0 Å². The fraction of sp³-hybridized carbons (Fsp3) is 0.474. The number of amides is 1. The Morgan fingerprint density at radius 2 is 1.96 bits per heavy atom. The lowest BCUT2D eigenvalue weighted by molar-refractivity contribution is -0.135. The first kappa shape index (κ1) is 15.4. The van der Waals surface area contributed by atoms with Gasteiger partial charge in [0.2, 0.25) is 5.91 Å². The zero-order chi connectivity index (χ0) is 16.7. The minimum absolute atomic E-state index is 0.165.